The van der Waals surface area contributed by atoms with Crippen molar-refractivity contribution < 1.29 is 0 Å². The Morgan fingerprint density at radius 1 is 0.714 bits per heavy atom. The molecule has 0 heterocycles. The predicted molar refractivity (Wildman–Crippen MR) is 67.4 cm³/mol. The lowest BCUT2D eigenvalue weighted by Gasteiger charge is -1.98. The summed E-state index contributed by atoms with van der Waals surface area (Å²) in [6.45, 7) is 7.42. The molecule has 0 saturated heterocycles. The van der Waals surface area contributed by atoms with Crippen LogP contribution in [0, 0.1) is 0 Å². The van der Waals surface area contributed by atoms with Crippen molar-refractivity contribution in [3.63, 3.8) is 0 Å². The van der Waals surface area contributed by atoms with Crippen LogP contribution >= 0.6 is 0 Å². The summed E-state index contributed by atoms with van der Waals surface area (Å²) < 4.78 is 0. The first-order chi connectivity index (χ1) is 6.91. The van der Waals surface area contributed by atoms with Crippen LogP contribution in [0.4, 0.5) is 0 Å². The zero-order valence-electron chi connectivity index (χ0n) is 9.80. The van der Waals surface area contributed by atoms with Gasteiger partial charge in [-0.05, 0) is 32.7 Å². The molecule has 1 nitrogen and oxygen atoms in total. The van der Waals surface area contributed by atoms with Gasteiger partial charge in [0.15, 0.2) is 0 Å². The number of hydrogen-bond donors (Lipinski definition) is 1. The lowest BCUT2D eigenvalue weighted by atomic mass is 10.1. The molecule has 0 amide bonds. The van der Waals surface area contributed by atoms with E-state index in [-0.39, 0.29) is 0 Å². The second-order valence-corrected chi connectivity index (χ2v) is 3.28. The highest BCUT2D eigenvalue weighted by Gasteiger charge is 1.88. The summed E-state index contributed by atoms with van der Waals surface area (Å²) in [7, 11) is 1.50. The monoisotopic (exact) mass is 197 g/mol. The van der Waals surface area contributed by atoms with E-state index in [9.17, 15) is 0 Å². The first kappa shape index (κ1) is 15.9. The minimum atomic E-state index is 1.19. The van der Waals surface area contributed by atoms with Crippen LogP contribution in [-0.4, -0.2) is 7.05 Å². The van der Waals surface area contributed by atoms with Gasteiger partial charge in [-0.15, -0.1) is 13.2 Å². The molecule has 0 unspecified atom stereocenters. The zero-order chi connectivity index (χ0) is 11.1. The third-order valence-electron chi connectivity index (χ3n) is 2.07. The van der Waals surface area contributed by atoms with Gasteiger partial charge < -0.3 is 5.73 Å². The second kappa shape index (κ2) is 18.3. The van der Waals surface area contributed by atoms with E-state index in [2.05, 4.69) is 18.9 Å². The van der Waals surface area contributed by atoms with Crippen molar-refractivity contribution in [3.05, 3.63) is 25.3 Å². The molecule has 0 aromatic rings. The van der Waals surface area contributed by atoms with E-state index in [4.69, 9.17) is 0 Å². The number of rotatable bonds is 9. The van der Waals surface area contributed by atoms with Crippen LogP contribution in [0.5, 0.6) is 0 Å². The second-order valence-electron chi connectivity index (χ2n) is 3.28. The van der Waals surface area contributed by atoms with E-state index >= 15 is 0 Å². The van der Waals surface area contributed by atoms with Gasteiger partial charge >= 0.3 is 0 Å². The van der Waals surface area contributed by atoms with E-state index in [1.165, 1.54) is 58.4 Å². The minimum absolute atomic E-state index is 1.19. The third kappa shape index (κ3) is 17.5. The number of unbranched alkanes of at least 4 members (excludes halogenated alkanes) is 7. The molecule has 0 radical (unpaired) electrons. The molecule has 1 heteroatoms. The summed E-state index contributed by atoms with van der Waals surface area (Å²) in [4.78, 5) is 0. The molecule has 2 N–H and O–H groups in total. The molecule has 0 atom stereocenters. The van der Waals surface area contributed by atoms with Crippen molar-refractivity contribution in [3.8, 4) is 0 Å². The van der Waals surface area contributed by atoms with E-state index in [0.717, 1.165) is 0 Å². The maximum Gasteiger partial charge on any atom is -0.0195 e. The molecule has 0 spiro atoms. The van der Waals surface area contributed by atoms with Gasteiger partial charge in [-0.1, -0.05) is 37.8 Å². The Balaban J connectivity index is 0. The number of nitrogens with two attached hydrogens (primary N) is 1. The third-order valence-corrected chi connectivity index (χ3v) is 2.07. The molecule has 0 aromatic carbocycles. The first-order valence-electron chi connectivity index (χ1n) is 5.71. The molecular formula is C13H27N. The van der Waals surface area contributed by atoms with E-state index in [0.29, 0.717) is 0 Å². The summed E-state index contributed by atoms with van der Waals surface area (Å²) in [6.07, 6.45) is 14.6. The van der Waals surface area contributed by atoms with Crippen LogP contribution in [0.3, 0.4) is 0 Å². The van der Waals surface area contributed by atoms with Gasteiger partial charge in [0.2, 0.25) is 0 Å². The van der Waals surface area contributed by atoms with Gasteiger partial charge in [0.05, 0.1) is 0 Å². The van der Waals surface area contributed by atoms with Gasteiger partial charge in [0.1, 0.15) is 0 Å². The molecule has 0 rings (SSSR count). The van der Waals surface area contributed by atoms with Gasteiger partial charge in [0.25, 0.3) is 0 Å². The van der Waals surface area contributed by atoms with Crippen molar-refractivity contribution in [2.45, 2.75) is 51.4 Å². The predicted octanol–water partition coefficient (Wildman–Crippen LogP) is 4.05. The molecule has 0 bridgehead atoms. The molecule has 14 heavy (non-hydrogen) atoms. The molecule has 0 aliphatic rings. The molecule has 84 valence electrons. The Morgan fingerprint density at radius 2 is 1.00 bits per heavy atom. The van der Waals surface area contributed by atoms with Crippen LogP contribution in [0.2, 0.25) is 0 Å². The summed E-state index contributed by atoms with van der Waals surface area (Å²) in [5.41, 5.74) is 4.50. The van der Waals surface area contributed by atoms with Crippen LogP contribution in [0.1, 0.15) is 51.4 Å². The summed E-state index contributed by atoms with van der Waals surface area (Å²) in [5.74, 6) is 0. The first-order valence-corrected chi connectivity index (χ1v) is 5.71. The van der Waals surface area contributed by atoms with Gasteiger partial charge in [-0.3, -0.25) is 0 Å². The highest BCUT2D eigenvalue weighted by atomic mass is 14.4. The lowest BCUT2D eigenvalue weighted by molar-refractivity contribution is 0.600. The number of hydrogen-bond acceptors (Lipinski definition) is 1. The normalized spacial score (nSPS) is 8.71. The zero-order valence-corrected chi connectivity index (χ0v) is 9.80. The highest BCUT2D eigenvalue weighted by Crippen LogP contribution is 2.08. The Morgan fingerprint density at radius 3 is 1.29 bits per heavy atom. The van der Waals surface area contributed by atoms with E-state index in [1.54, 1.807) is 0 Å². The molecular weight excluding hydrogens is 170 g/mol. The Hall–Kier alpha value is -0.560. The highest BCUT2D eigenvalue weighted by molar-refractivity contribution is 4.66. The van der Waals surface area contributed by atoms with Crippen LogP contribution in [0.25, 0.3) is 0 Å². The fourth-order valence-electron chi connectivity index (χ4n) is 1.28. The summed E-state index contributed by atoms with van der Waals surface area (Å²) in [6, 6.07) is 0. The maximum absolute atomic E-state index is 4.50. The van der Waals surface area contributed by atoms with Crippen molar-refractivity contribution >= 4 is 0 Å². The summed E-state index contributed by atoms with van der Waals surface area (Å²) in [5, 5.41) is 0. The average molecular weight is 197 g/mol. The minimum Gasteiger partial charge on any atom is -0.333 e. The molecule has 0 aliphatic heterocycles. The van der Waals surface area contributed by atoms with Crippen molar-refractivity contribution in [1.29, 1.82) is 0 Å². The average Bonchev–Trinajstić information content (AvgIpc) is 2.25. The molecule has 0 saturated carbocycles. The molecule has 0 aromatic heterocycles. The van der Waals surface area contributed by atoms with Crippen LogP contribution < -0.4 is 5.73 Å². The van der Waals surface area contributed by atoms with Crippen molar-refractivity contribution in [2.75, 3.05) is 7.05 Å². The Kier molecular flexibility index (Phi) is 20.7. The van der Waals surface area contributed by atoms with Gasteiger partial charge in [-0.2, -0.15) is 0 Å². The van der Waals surface area contributed by atoms with Crippen molar-refractivity contribution in [2.24, 2.45) is 5.73 Å². The fraction of sp³-hybridized carbons (Fsp3) is 0.692. The Bertz CT molecular complexity index is 93.8. The maximum atomic E-state index is 4.50. The van der Waals surface area contributed by atoms with Gasteiger partial charge in [-0.25, -0.2) is 0 Å². The summed E-state index contributed by atoms with van der Waals surface area (Å²) >= 11 is 0. The largest absolute Gasteiger partial charge is 0.333 e. The standard InChI is InChI=1S/C12H22.CH5N/c1-3-5-7-9-11-12-10-8-6-4-2;1-2/h3-4H,1-2,5-12H2;2H2,1H3. The lowest BCUT2D eigenvalue weighted by Crippen LogP contribution is -1.78. The van der Waals surface area contributed by atoms with Gasteiger partial charge in [0, 0.05) is 0 Å². The molecule has 0 aliphatic carbocycles. The Labute approximate surface area is 90.1 Å². The fourth-order valence-corrected chi connectivity index (χ4v) is 1.28. The molecule has 0 fully saturated rings. The van der Waals surface area contributed by atoms with E-state index < -0.39 is 0 Å². The quantitative estimate of drug-likeness (QED) is 0.438. The van der Waals surface area contributed by atoms with Crippen LogP contribution in [0.15, 0.2) is 25.3 Å². The SMILES string of the molecule is C=CCCCCCCCCC=C.CN. The van der Waals surface area contributed by atoms with Crippen LogP contribution in [-0.2, 0) is 0 Å². The smallest absolute Gasteiger partial charge is 0.0195 e. The number of allylic oxidation sites excluding steroid dienone is 2. The van der Waals surface area contributed by atoms with E-state index in [1.807, 2.05) is 12.2 Å². The van der Waals surface area contributed by atoms with Crippen molar-refractivity contribution in [1.82, 2.24) is 0 Å². The topological polar surface area (TPSA) is 26.0 Å².